The SMILES string of the molecule is CC(=O)C1=C(C)NC(SCC(=O)Nc2c(Cl)cc([N+](=O)[O-])cc2Cl)=C(C#N)[C@@H]1c1ccc(Cl)cc1. The van der Waals surface area contributed by atoms with Crippen LogP contribution in [-0.4, -0.2) is 22.4 Å². The molecule has 1 amide bonds. The number of nitrogens with one attached hydrogen (secondary N) is 2. The van der Waals surface area contributed by atoms with Crippen molar-refractivity contribution in [1.29, 1.82) is 5.26 Å². The van der Waals surface area contributed by atoms with Gasteiger partial charge in [0.05, 0.1) is 49.0 Å². The zero-order valence-electron chi connectivity index (χ0n) is 18.3. The molecule has 1 heterocycles. The number of nitro benzene ring substituents is 1. The second kappa shape index (κ2) is 11.1. The van der Waals surface area contributed by atoms with E-state index in [0.29, 0.717) is 26.9 Å². The van der Waals surface area contributed by atoms with Gasteiger partial charge in [0.2, 0.25) is 5.91 Å². The third kappa shape index (κ3) is 5.97. The van der Waals surface area contributed by atoms with Crippen molar-refractivity contribution in [2.75, 3.05) is 11.1 Å². The molecule has 0 fully saturated rings. The molecule has 0 radical (unpaired) electrons. The fourth-order valence-electron chi connectivity index (χ4n) is 3.58. The minimum atomic E-state index is -0.647. The van der Waals surface area contributed by atoms with Crippen LogP contribution < -0.4 is 10.6 Å². The molecule has 1 aliphatic rings. The molecule has 0 aliphatic carbocycles. The van der Waals surface area contributed by atoms with Gasteiger partial charge in [0.1, 0.15) is 0 Å². The molecular weight excluding hydrogens is 535 g/mol. The Morgan fingerprint density at radius 3 is 2.31 bits per heavy atom. The number of hydrogen-bond acceptors (Lipinski definition) is 7. The Kier molecular flexibility index (Phi) is 8.46. The number of amides is 1. The van der Waals surface area contributed by atoms with E-state index in [1.54, 1.807) is 31.2 Å². The number of benzene rings is 2. The van der Waals surface area contributed by atoms with E-state index in [2.05, 4.69) is 16.7 Å². The van der Waals surface area contributed by atoms with E-state index in [0.717, 1.165) is 23.9 Å². The fraction of sp³-hybridized carbons (Fsp3) is 0.174. The van der Waals surface area contributed by atoms with Crippen molar-refractivity contribution in [3.05, 3.63) is 89.0 Å². The van der Waals surface area contributed by atoms with Crippen LogP contribution in [0.4, 0.5) is 11.4 Å². The lowest BCUT2D eigenvalue weighted by Crippen LogP contribution is -2.27. The second-order valence-corrected chi connectivity index (χ2v) is 9.67. The molecule has 1 atom stereocenters. The summed E-state index contributed by atoms with van der Waals surface area (Å²) in [5, 5.41) is 27.3. The highest BCUT2D eigenvalue weighted by molar-refractivity contribution is 8.03. The van der Waals surface area contributed by atoms with E-state index < -0.39 is 16.7 Å². The zero-order chi connectivity index (χ0) is 25.9. The van der Waals surface area contributed by atoms with Crippen LogP contribution in [0.3, 0.4) is 0 Å². The summed E-state index contributed by atoms with van der Waals surface area (Å²) in [6.07, 6.45) is 0. The van der Waals surface area contributed by atoms with Gasteiger partial charge in [-0.3, -0.25) is 19.7 Å². The van der Waals surface area contributed by atoms with Crippen LogP contribution in [0.2, 0.25) is 15.1 Å². The van der Waals surface area contributed by atoms with Crippen LogP contribution in [-0.2, 0) is 9.59 Å². The van der Waals surface area contributed by atoms with Gasteiger partial charge in [-0.05, 0) is 31.5 Å². The number of non-ortho nitro benzene ring substituents is 1. The third-order valence-corrected chi connectivity index (χ3v) is 6.95. The van der Waals surface area contributed by atoms with E-state index in [4.69, 9.17) is 34.8 Å². The topological polar surface area (TPSA) is 125 Å². The average molecular weight is 552 g/mol. The van der Waals surface area contributed by atoms with Crippen molar-refractivity contribution < 1.29 is 14.5 Å². The maximum atomic E-state index is 12.6. The lowest BCUT2D eigenvalue weighted by atomic mass is 9.81. The van der Waals surface area contributed by atoms with Crippen molar-refractivity contribution in [2.24, 2.45) is 0 Å². The highest BCUT2D eigenvalue weighted by Gasteiger charge is 2.33. The largest absolute Gasteiger partial charge is 0.353 e. The van der Waals surface area contributed by atoms with E-state index in [1.807, 2.05) is 0 Å². The third-order valence-electron chi connectivity index (χ3n) is 5.08. The number of thioether (sulfide) groups is 1. The van der Waals surface area contributed by atoms with Crippen LogP contribution in [0.5, 0.6) is 0 Å². The zero-order valence-corrected chi connectivity index (χ0v) is 21.4. The molecule has 180 valence electrons. The van der Waals surface area contributed by atoms with Gasteiger partial charge in [-0.2, -0.15) is 5.26 Å². The molecule has 3 rings (SSSR count). The van der Waals surface area contributed by atoms with Gasteiger partial charge in [-0.25, -0.2) is 0 Å². The number of anilines is 1. The van der Waals surface area contributed by atoms with Crippen molar-refractivity contribution in [3.8, 4) is 6.07 Å². The first-order valence-electron chi connectivity index (χ1n) is 9.98. The Bertz CT molecular complexity index is 1310. The normalized spacial score (nSPS) is 15.4. The van der Waals surface area contributed by atoms with Crippen molar-refractivity contribution in [2.45, 2.75) is 19.8 Å². The highest BCUT2D eigenvalue weighted by Crippen LogP contribution is 2.41. The summed E-state index contributed by atoms with van der Waals surface area (Å²) in [4.78, 5) is 35.3. The predicted octanol–water partition coefficient (Wildman–Crippen LogP) is 6.21. The Morgan fingerprint density at radius 2 is 1.80 bits per heavy atom. The molecule has 1 aliphatic heterocycles. The quantitative estimate of drug-likeness (QED) is 0.309. The summed E-state index contributed by atoms with van der Waals surface area (Å²) in [7, 11) is 0. The maximum Gasteiger partial charge on any atom is 0.272 e. The van der Waals surface area contributed by atoms with E-state index >= 15 is 0 Å². The first-order chi connectivity index (χ1) is 16.5. The molecule has 0 aromatic heterocycles. The fourth-order valence-corrected chi connectivity index (χ4v) is 5.17. The molecule has 2 aromatic rings. The first-order valence-corrected chi connectivity index (χ1v) is 12.1. The van der Waals surface area contributed by atoms with Gasteiger partial charge >= 0.3 is 0 Å². The molecule has 2 N–H and O–H groups in total. The van der Waals surface area contributed by atoms with Crippen molar-refractivity contribution in [1.82, 2.24) is 5.32 Å². The molecule has 0 unspecified atom stereocenters. The van der Waals surface area contributed by atoms with Crippen LogP contribution in [0, 0.1) is 21.4 Å². The summed E-state index contributed by atoms with van der Waals surface area (Å²) in [6.45, 7) is 3.16. The summed E-state index contributed by atoms with van der Waals surface area (Å²) in [5.41, 5.74) is 1.75. The number of carbonyl (C=O) groups is 2. The van der Waals surface area contributed by atoms with Crippen LogP contribution in [0.15, 0.2) is 58.3 Å². The number of ketones is 1. The van der Waals surface area contributed by atoms with Crippen molar-refractivity contribution >= 4 is 69.6 Å². The number of hydrogen-bond donors (Lipinski definition) is 2. The lowest BCUT2D eigenvalue weighted by molar-refractivity contribution is -0.384. The maximum absolute atomic E-state index is 12.6. The summed E-state index contributed by atoms with van der Waals surface area (Å²) in [5.74, 6) is -1.44. The van der Waals surface area contributed by atoms with Crippen molar-refractivity contribution in [3.63, 3.8) is 0 Å². The first kappa shape index (κ1) is 26.6. The summed E-state index contributed by atoms with van der Waals surface area (Å²) in [6, 6.07) is 11.2. The Hall–Kier alpha value is -3.03. The number of allylic oxidation sites excluding steroid dienone is 3. The number of halogens is 3. The number of nitro groups is 1. The van der Waals surface area contributed by atoms with Crippen LogP contribution in [0.1, 0.15) is 25.3 Å². The van der Waals surface area contributed by atoms with Gasteiger partial charge in [0, 0.05) is 28.4 Å². The van der Waals surface area contributed by atoms with Gasteiger partial charge in [-0.15, -0.1) is 0 Å². The van der Waals surface area contributed by atoms with Crippen LogP contribution >= 0.6 is 46.6 Å². The van der Waals surface area contributed by atoms with E-state index in [1.165, 1.54) is 6.92 Å². The van der Waals surface area contributed by atoms with E-state index in [-0.39, 0.29) is 38.5 Å². The lowest BCUT2D eigenvalue weighted by Gasteiger charge is -2.29. The number of rotatable bonds is 7. The second-order valence-electron chi connectivity index (χ2n) is 7.44. The molecule has 0 bridgehead atoms. The minimum absolute atomic E-state index is 0.0459. The average Bonchev–Trinajstić information content (AvgIpc) is 2.79. The smallest absolute Gasteiger partial charge is 0.272 e. The molecule has 0 saturated carbocycles. The van der Waals surface area contributed by atoms with Gasteiger partial charge < -0.3 is 10.6 Å². The molecule has 8 nitrogen and oxygen atoms in total. The minimum Gasteiger partial charge on any atom is -0.353 e. The van der Waals surface area contributed by atoms with Gasteiger partial charge in [0.25, 0.3) is 5.69 Å². The summed E-state index contributed by atoms with van der Waals surface area (Å²) >= 11 is 19.2. The molecule has 35 heavy (non-hydrogen) atoms. The highest BCUT2D eigenvalue weighted by atomic mass is 35.5. The Labute approximate surface area is 220 Å². The Balaban J connectivity index is 1.86. The molecule has 12 heteroatoms. The Morgan fingerprint density at radius 1 is 1.20 bits per heavy atom. The van der Waals surface area contributed by atoms with Crippen LogP contribution in [0.25, 0.3) is 0 Å². The monoisotopic (exact) mass is 550 g/mol. The number of dihydropyridines is 1. The van der Waals surface area contributed by atoms with Gasteiger partial charge in [0.15, 0.2) is 5.78 Å². The summed E-state index contributed by atoms with van der Waals surface area (Å²) < 4.78 is 0. The molecule has 2 aromatic carbocycles. The molecule has 0 saturated heterocycles. The standard InChI is InChI=1S/C23H17Cl3N4O4S/c1-11-20(12(2)31)21(13-3-5-14(24)6-4-13)16(9-27)23(28-11)35-10-19(32)29-22-17(25)7-15(30(33)34)8-18(22)26/h3-8,21,28H,10H2,1-2H3,(H,29,32)/t21-/m0/s1. The van der Waals surface area contributed by atoms with Gasteiger partial charge in [-0.1, -0.05) is 58.7 Å². The predicted molar refractivity (Wildman–Crippen MR) is 138 cm³/mol. The number of carbonyl (C=O) groups excluding carboxylic acids is 2. The van der Waals surface area contributed by atoms with E-state index in [9.17, 15) is 25.0 Å². The molecular formula is C23H17Cl3N4O4S. The molecule has 0 spiro atoms. The number of Topliss-reactive ketones (excluding diaryl/α,β-unsaturated/α-hetero) is 1. The number of nitriles is 1. The number of nitrogens with zero attached hydrogens (tertiary/aromatic N) is 2.